The highest BCUT2D eigenvalue weighted by Gasteiger charge is 2.30. The Bertz CT molecular complexity index is 707. The van der Waals surface area contributed by atoms with E-state index in [1.165, 1.54) is 30.8 Å². The van der Waals surface area contributed by atoms with Gasteiger partial charge in [-0.25, -0.2) is 4.39 Å². The van der Waals surface area contributed by atoms with Gasteiger partial charge in [-0.05, 0) is 24.6 Å². The summed E-state index contributed by atoms with van der Waals surface area (Å²) in [6.07, 6.45) is -5.78. The Hall–Kier alpha value is -1.72. The van der Waals surface area contributed by atoms with Gasteiger partial charge in [-0.2, -0.15) is 13.2 Å². The van der Waals surface area contributed by atoms with Crippen molar-refractivity contribution in [2.24, 2.45) is 0 Å². The van der Waals surface area contributed by atoms with Gasteiger partial charge >= 0.3 is 6.18 Å². The first-order valence-electron chi connectivity index (χ1n) is 6.93. The second-order valence-electron chi connectivity index (χ2n) is 4.85. The fraction of sp³-hybridized carbons (Fsp3) is 0.357. The number of nitrogens with zero attached hydrogens (tertiary/aromatic N) is 2. The molecule has 0 aliphatic rings. The third-order valence-electron chi connectivity index (χ3n) is 2.78. The first-order valence-corrected chi connectivity index (χ1v) is 8.73. The second kappa shape index (κ2) is 8.59. The van der Waals surface area contributed by atoms with Crippen LogP contribution in [0, 0.1) is 5.82 Å². The van der Waals surface area contributed by atoms with Crippen molar-refractivity contribution in [3.63, 3.8) is 0 Å². The normalized spacial score (nSPS) is 12.8. The Morgan fingerprint density at radius 3 is 2.64 bits per heavy atom. The van der Waals surface area contributed by atoms with Crippen LogP contribution in [0.2, 0.25) is 0 Å². The van der Waals surface area contributed by atoms with Crippen molar-refractivity contribution < 1.29 is 27.1 Å². The van der Waals surface area contributed by atoms with Crippen LogP contribution in [0.4, 0.5) is 22.7 Å². The monoisotopic (exact) mass is 395 g/mol. The van der Waals surface area contributed by atoms with Gasteiger partial charge in [-0.3, -0.25) is 10.1 Å². The molecule has 0 fully saturated rings. The second-order valence-corrected chi connectivity index (χ2v) is 7.05. The molecule has 1 N–H and O–H groups in total. The number of rotatable bonds is 7. The van der Waals surface area contributed by atoms with E-state index >= 15 is 0 Å². The predicted octanol–water partition coefficient (Wildman–Crippen LogP) is 3.88. The molecular weight excluding hydrogens is 382 g/mol. The largest absolute Gasteiger partial charge is 0.411 e. The number of alkyl halides is 3. The zero-order valence-electron chi connectivity index (χ0n) is 12.8. The van der Waals surface area contributed by atoms with E-state index in [0.717, 1.165) is 16.9 Å². The summed E-state index contributed by atoms with van der Waals surface area (Å²) in [7, 11) is 0. The van der Waals surface area contributed by atoms with Crippen molar-refractivity contribution in [3.8, 4) is 0 Å². The summed E-state index contributed by atoms with van der Waals surface area (Å²) in [6, 6.07) is 5.99. The van der Waals surface area contributed by atoms with Crippen LogP contribution in [-0.2, 0) is 15.3 Å². The van der Waals surface area contributed by atoms with Crippen LogP contribution in [0.15, 0.2) is 28.6 Å². The van der Waals surface area contributed by atoms with E-state index in [2.05, 4.69) is 20.3 Å². The number of thioether (sulfide) groups is 1. The number of hydrogen-bond donors (Lipinski definition) is 1. The van der Waals surface area contributed by atoms with Crippen LogP contribution in [0.1, 0.15) is 12.5 Å². The van der Waals surface area contributed by atoms with E-state index in [1.54, 1.807) is 12.1 Å². The van der Waals surface area contributed by atoms with E-state index in [4.69, 9.17) is 0 Å². The number of benzene rings is 1. The van der Waals surface area contributed by atoms with Crippen molar-refractivity contribution in [2.45, 2.75) is 29.3 Å². The standard InChI is InChI=1S/C14H13F4N3O2S2/c1-8(23-7-14(16,17)18)11(22)19-12-20-21-13(25-12)24-6-9-2-4-10(15)5-3-9/h2-5,8H,6-7H2,1H3,(H,19,20,22). The molecule has 0 radical (unpaired) electrons. The molecule has 0 aliphatic carbocycles. The number of hydrogen-bond acceptors (Lipinski definition) is 6. The Morgan fingerprint density at radius 2 is 2.00 bits per heavy atom. The zero-order valence-corrected chi connectivity index (χ0v) is 14.5. The molecule has 0 saturated carbocycles. The molecule has 136 valence electrons. The fourth-order valence-corrected chi connectivity index (χ4v) is 3.26. The fourth-order valence-electron chi connectivity index (χ4n) is 1.55. The number of anilines is 1. The van der Waals surface area contributed by atoms with E-state index < -0.39 is 24.8 Å². The van der Waals surface area contributed by atoms with Crippen LogP contribution in [0.5, 0.6) is 0 Å². The van der Waals surface area contributed by atoms with Crippen molar-refractivity contribution in [3.05, 3.63) is 35.6 Å². The summed E-state index contributed by atoms with van der Waals surface area (Å²) in [4.78, 5) is 11.7. The topological polar surface area (TPSA) is 64.1 Å². The average molecular weight is 395 g/mol. The first-order chi connectivity index (χ1) is 11.7. The molecule has 25 heavy (non-hydrogen) atoms. The molecule has 0 aliphatic heterocycles. The van der Waals surface area contributed by atoms with Crippen molar-refractivity contribution in [2.75, 3.05) is 11.9 Å². The first kappa shape index (κ1) is 19.6. The van der Waals surface area contributed by atoms with E-state index in [-0.39, 0.29) is 10.9 Å². The lowest BCUT2D eigenvalue weighted by atomic mass is 10.2. The third-order valence-corrected chi connectivity index (χ3v) is 4.82. The lowest BCUT2D eigenvalue weighted by molar-refractivity contribution is -0.184. The van der Waals surface area contributed by atoms with Gasteiger partial charge in [0.25, 0.3) is 5.91 Å². The minimum Gasteiger partial charge on any atom is -0.359 e. The molecule has 1 heterocycles. The third kappa shape index (κ3) is 6.96. The van der Waals surface area contributed by atoms with Gasteiger partial charge in [0.15, 0.2) is 4.34 Å². The van der Waals surface area contributed by atoms with Crippen LogP contribution < -0.4 is 5.32 Å². The summed E-state index contributed by atoms with van der Waals surface area (Å²) in [5, 5.41) is 10.1. The molecule has 2 rings (SSSR count). The molecule has 1 amide bonds. The summed E-state index contributed by atoms with van der Waals surface area (Å²) < 4.78 is 54.0. The summed E-state index contributed by atoms with van der Waals surface area (Å²) >= 11 is 2.42. The van der Waals surface area contributed by atoms with Crippen LogP contribution in [0.25, 0.3) is 0 Å². The van der Waals surface area contributed by atoms with Crippen molar-refractivity contribution in [1.29, 1.82) is 0 Å². The molecule has 5 nitrogen and oxygen atoms in total. The minimum absolute atomic E-state index is 0.161. The van der Waals surface area contributed by atoms with Gasteiger partial charge in [-0.15, -0.1) is 10.2 Å². The highest BCUT2D eigenvalue weighted by molar-refractivity contribution is 8.00. The number of carbonyl (C=O) groups is 1. The highest BCUT2D eigenvalue weighted by Crippen LogP contribution is 2.28. The smallest absolute Gasteiger partial charge is 0.359 e. The molecule has 0 bridgehead atoms. The zero-order chi connectivity index (χ0) is 18.4. The number of ether oxygens (including phenoxy) is 1. The Kier molecular flexibility index (Phi) is 6.73. The molecule has 0 spiro atoms. The number of aromatic nitrogens is 2. The van der Waals surface area contributed by atoms with E-state index in [0.29, 0.717) is 10.1 Å². The molecule has 11 heteroatoms. The van der Waals surface area contributed by atoms with E-state index in [1.807, 2.05) is 0 Å². The van der Waals surface area contributed by atoms with Crippen molar-refractivity contribution in [1.82, 2.24) is 10.2 Å². The molecule has 1 atom stereocenters. The maximum Gasteiger partial charge on any atom is 0.411 e. The minimum atomic E-state index is -4.50. The number of amides is 1. The molecular formula is C14H13F4N3O2S2. The Balaban J connectivity index is 1.82. The number of nitrogens with one attached hydrogen (secondary N) is 1. The SMILES string of the molecule is CC(OCC(F)(F)F)C(=O)Nc1nnc(SCc2ccc(F)cc2)s1. The average Bonchev–Trinajstić information content (AvgIpc) is 2.98. The Labute approximate surface area is 148 Å². The lowest BCUT2D eigenvalue weighted by Gasteiger charge is -2.13. The number of halogens is 4. The Morgan fingerprint density at radius 1 is 1.32 bits per heavy atom. The summed E-state index contributed by atoms with van der Waals surface area (Å²) in [5.74, 6) is -0.527. The molecule has 1 aromatic heterocycles. The van der Waals surface area contributed by atoms with Crippen LogP contribution >= 0.6 is 23.1 Å². The van der Waals surface area contributed by atoms with Crippen molar-refractivity contribution >= 4 is 34.1 Å². The summed E-state index contributed by atoms with van der Waals surface area (Å²) in [6.45, 7) is -0.289. The summed E-state index contributed by atoms with van der Waals surface area (Å²) in [5.41, 5.74) is 0.890. The highest BCUT2D eigenvalue weighted by atomic mass is 32.2. The van der Waals surface area contributed by atoms with Crippen LogP contribution in [-0.4, -0.2) is 35.0 Å². The molecule has 0 saturated heterocycles. The van der Waals surface area contributed by atoms with Gasteiger partial charge in [0.05, 0.1) is 0 Å². The van der Waals surface area contributed by atoms with Gasteiger partial charge in [0.1, 0.15) is 18.5 Å². The number of carbonyl (C=O) groups excluding carboxylic acids is 1. The lowest BCUT2D eigenvalue weighted by Crippen LogP contribution is -2.31. The van der Waals surface area contributed by atoms with Gasteiger partial charge < -0.3 is 4.74 Å². The maximum absolute atomic E-state index is 12.8. The van der Waals surface area contributed by atoms with Crippen LogP contribution in [0.3, 0.4) is 0 Å². The molecule has 1 aromatic carbocycles. The van der Waals surface area contributed by atoms with Gasteiger partial charge in [0.2, 0.25) is 5.13 Å². The maximum atomic E-state index is 12.8. The molecule has 1 unspecified atom stereocenters. The van der Waals surface area contributed by atoms with E-state index in [9.17, 15) is 22.4 Å². The van der Waals surface area contributed by atoms with Gasteiger partial charge in [0, 0.05) is 5.75 Å². The molecule has 2 aromatic rings. The van der Waals surface area contributed by atoms with Gasteiger partial charge in [-0.1, -0.05) is 35.2 Å². The predicted molar refractivity (Wildman–Crippen MR) is 86.0 cm³/mol. The quantitative estimate of drug-likeness (QED) is 0.438.